The molecule has 2 rings (SSSR count). The Balaban J connectivity index is 1.91. The van der Waals surface area contributed by atoms with Crippen LogP contribution < -0.4 is 20.7 Å². The van der Waals surface area contributed by atoms with E-state index in [4.69, 9.17) is 0 Å². The van der Waals surface area contributed by atoms with E-state index < -0.39 is 24.6 Å². The van der Waals surface area contributed by atoms with Crippen LogP contribution in [0.5, 0.6) is 5.75 Å². The van der Waals surface area contributed by atoms with Gasteiger partial charge in [0.2, 0.25) is 5.91 Å². The van der Waals surface area contributed by atoms with Gasteiger partial charge in [0.25, 0.3) is 0 Å². The van der Waals surface area contributed by atoms with Crippen LogP contribution in [0.1, 0.15) is 25.0 Å². The van der Waals surface area contributed by atoms with Crippen molar-refractivity contribution in [2.24, 2.45) is 5.92 Å². The highest BCUT2D eigenvalue weighted by molar-refractivity contribution is 5.87. The molecule has 6 nitrogen and oxygen atoms in total. The van der Waals surface area contributed by atoms with E-state index in [0.717, 1.165) is 5.56 Å². The number of hydrogen-bond donors (Lipinski definition) is 3. The molecule has 0 aliphatic carbocycles. The second-order valence-electron chi connectivity index (χ2n) is 6.74. The minimum Gasteiger partial charge on any atom is -0.434 e. The number of carbonyl (C=O) groups is 2. The summed E-state index contributed by atoms with van der Waals surface area (Å²) < 4.78 is 29.5. The summed E-state index contributed by atoms with van der Waals surface area (Å²) in [6.07, 6.45) is 0. The maximum absolute atomic E-state index is 12.6. The summed E-state index contributed by atoms with van der Waals surface area (Å²) >= 11 is 0. The SMILES string of the molecule is CC(C)C(NC(=O)NCc1ccccc1)C(=O)NCc1ccccc1OC(F)F. The van der Waals surface area contributed by atoms with Crippen LogP contribution in [-0.4, -0.2) is 24.6 Å². The Kier molecular flexibility index (Phi) is 8.39. The lowest BCUT2D eigenvalue weighted by atomic mass is 10.0. The highest BCUT2D eigenvalue weighted by Crippen LogP contribution is 2.20. The predicted octanol–water partition coefficient (Wildman–Crippen LogP) is 3.43. The minimum absolute atomic E-state index is 0.00173. The van der Waals surface area contributed by atoms with Crippen molar-refractivity contribution in [3.8, 4) is 5.75 Å². The molecule has 0 aliphatic rings. The van der Waals surface area contributed by atoms with E-state index in [2.05, 4.69) is 20.7 Å². The average molecular weight is 405 g/mol. The van der Waals surface area contributed by atoms with E-state index in [-0.39, 0.29) is 18.2 Å². The molecule has 2 aromatic carbocycles. The molecule has 2 aromatic rings. The zero-order valence-electron chi connectivity index (χ0n) is 16.3. The second kappa shape index (κ2) is 11.0. The number of nitrogens with one attached hydrogen (secondary N) is 3. The predicted molar refractivity (Wildman–Crippen MR) is 105 cm³/mol. The summed E-state index contributed by atoms with van der Waals surface area (Å²) in [4.78, 5) is 24.7. The third-order valence-corrected chi connectivity index (χ3v) is 4.17. The number of hydrogen-bond acceptors (Lipinski definition) is 3. The summed E-state index contributed by atoms with van der Waals surface area (Å²) in [5.41, 5.74) is 1.35. The van der Waals surface area contributed by atoms with Gasteiger partial charge in [0, 0.05) is 18.7 Å². The molecule has 0 spiro atoms. The number of carbonyl (C=O) groups excluding carboxylic acids is 2. The van der Waals surface area contributed by atoms with Crippen LogP contribution in [0, 0.1) is 5.92 Å². The summed E-state index contributed by atoms with van der Waals surface area (Å²) in [6.45, 7) is 0.978. The monoisotopic (exact) mass is 405 g/mol. The van der Waals surface area contributed by atoms with Gasteiger partial charge in [-0.1, -0.05) is 62.4 Å². The topological polar surface area (TPSA) is 79.5 Å². The van der Waals surface area contributed by atoms with Gasteiger partial charge in [-0.05, 0) is 17.5 Å². The maximum atomic E-state index is 12.6. The van der Waals surface area contributed by atoms with Crippen molar-refractivity contribution >= 4 is 11.9 Å². The van der Waals surface area contributed by atoms with E-state index in [1.165, 1.54) is 6.07 Å². The average Bonchev–Trinajstić information content (AvgIpc) is 2.69. The lowest BCUT2D eigenvalue weighted by molar-refractivity contribution is -0.124. The van der Waals surface area contributed by atoms with Gasteiger partial charge in [-0.15, -0.1) is 0 Å². The Bertz CT molecular complexity index is 801. The Morgan fingerprint density at radius 3 is 2.24 bits per heavy atom. The van der Waals surface area contributed by atoms with Crippen LogP contribution in [0.25, 0.3) is 0 Å². The highest BCUT2D eigenvalue weighted by Gasteiger charge is 2.24. The summed E-state index contributed by atoms with van der Waals surface area (Å²) in [6, 6.07) is 14.4. The van der Waals surface area contributed by atoms with Gasteiger partial charge in [0.1, 0.15) is 11.8 Å². The van der Waals surface area contributed by atoms with Crippen molar-refractivity contribution in [3.63, 3.8) is 0 Å². The molecule has 29 heavy (non-hydrogen) atoms. The lowest BCUT2D eigenvalue weighted by Gasteiger charge is -2.22. The van der Waals surface area contributed by atoms with Crippen molar-refractivity contribution < 1.29 is 23.1 Å². The minimum atomic E-state index is -2.95. The van der Waals surface area contributed by atoms with Crippen LogP contribution in [0.4, 0.5) is 13.6 Å². The summed E-state index contributed by atoms with van der Waals surface area (Å²) in [5.74, 6) is -0.593. The van der Waals surface area contributed by atoms with E-state index in [9.17, 15) is 18.4 Å². The number of alkyl halides is 2. The molecular weight excluding hydrogens is 380 g/mol. The Morgan fingerprint density at radius 1 is 0.931 bits per heavy atom. The first-order valence-corrected chi connectivity index (χ1v) is 9.25. The molecule has 3 N–H and O–H groups in total. The molecule has 0 saturated carbocycles. The molecule has 0 fully saturated rings. The van der Waals surface area contributed by atoms with Gasteiger partial charge in [0.15, 0.2) is 0 Å². The van der Waals surface area contributed by atoms with Gasteiger partial charge in [-0.3, -0.25) is 4.79 Å². The van der Waals surface area contributed by atoms with Crippen LogP contribution in [0.3, 0.4) is 0 Å². The summed E-state index contributed by atoms with van der Waals surface area (Å²) in [5, 5.41) is 8.03. The first-order chi connectivity index (χ1) is 13.9. The first-order valence-electron chi connectivity index (χ1n) is 9.25. The van der Waals surface area contributed by atoms with E-state index in [0.29, 0.717) is 12.1 Å². The van der Waals surface area contributed by atoms with Crippen molar-refractivity contribution in [1.82, 2.24) is 16.0 Å². The maximum Gasteiger partial charge on any atom is 0.387 e. The Hall–Kier alpha value is -3.16. The van der Waals surface area contributed by atoms with Gasteiger partial charge in [-0.25, -0.2) is 4.79 Å². The third kappa shape index (κ3) is 7.40. The molecule has 0 heterocycles. The zero-order chi connectivity index (χ0) is 21.2. The molecule has 0 saturated heterocycles. The second-order valence-corrected chi connectivity index (χ2v) is 6.74. The fourth-order valence-electron chi connectivity index (χ4n) is 2.66. The van der Waals surface area contributed by atoms with E-state index in [1.807, 2.05) is 30.3 Å². The van der Waals surface area contributed by atoms with Crippen LogP contribution in [0.15, 0.2) is 54.6 Å². The van der Waals surface area contributed by atoms with Gasteiger partial charge in [0.05, 0.1) is 0 Å². The Morgan fingerprint density at radius 2 is 1.59 bits per heavy atom. The molecular formula is C21H25F2N3O3. The first kappa shape index (κ1) is 22.1. The molecule has 0 bridgehead atoms. The van der Waals surface area contributed by atoms with Crippen molar-refractivity contribution in [1.29, 1.82) is 0 Å². The molecule has 8 heteroatoms. The third-order valence-electron chi connectivity index (χ3n) is 4.17. The highest BCUT2D eigenvalue weighted by atomic mass is 19.3. The standard InChI is InChI=1S/C21H25F2N3O3/c1-14(2)18(26-21(28)25-12-15-8-4-3-5-9-15)19(27)24-13-16-10-6-7-11-17(16)29-20(22)23/h3-11,14,18,20H,12-13H2,1-2H3,(H,24,27)(H2,25,26,28). The van der Waals surface area contributed by atoms with Crippen molar-refractivity contribution in [3.05, 3.63) is 65.7 Å². The number of halogens is 2. The lowest BCUT2D eigenvalue weighted by Crippen LogP contribution is -2.52. The number of benzene rings is 2. The smallest absolute Gasteiger partial charge is 0.387 e. The summed E-state index contributed by atoms with van der Waals surface area (Å²) in [7, 11) is 0. The fourth-order valence-corrected chi connectivity index (χ4v) is 2.66. The number of rotatable bonds is 9. The number of para-hydroxylation sites is 1. The van der Waals surface area contributed by atoms with Crippen LogP contribution in [-0.2, 0) is 17.9 Å². The van der Waals surface area contributed by atoms with Gasteiger partial charge < -0.3 is 20.7 Å². The fraction of sp³-hybridized carbons (Fsp3) is 0.333. The largest absolute Gasteiger partial charge is 0.434 e. The normalized spacial score (nSPS) is 11.8. The van der Waals surface area contributed by atoms with Crippen LogP contribution in [0.2, 0.25) is 0 Å². The molecule has 3 amide bonds. The molecule has 0 aromatic heterocycles. The zero-order valence-corrected chi connectivity index (χ0v) is 16.3. The number of ether oxygens (including phenoxy) is 1. The molecule has 0 aliphatic heterocycles. The van der Waals surface area contributed by atoms with Crippen molar-refractivity contribution in [2.75, 3.05) is 0 Å². The molecule has 1 atom stereocenters. The van der Waals surface area contributed by atoms with E-state index in [1.54, 1.807) is 32.0 Å². The molecule has 156 valence electrons. The number of amides is 3. The molecule has 1 unspecified atom stereocenters. The van der Waals surface area contributed by atoms with Crippen LogP contribution >= 0.6 is 0 Å². The van der Waals surface area contributed by atoms with E-state index >= 15 is 0 Å². The quantitative estimate of drug-likeness (QED) is 0.598. The van der Waals surface area contributed by atoms with Gasteiger partial charge in [-0.2, -0.15) is 8.78 Å². The van der Waals surface area contributed by atoms with Crippen molar-refractivity contribution in [2.45, 2.75) is 39.6 Å². The number of urea groups is 1. The Labute approximate surface area is 168 Å². The molecule has 0 radical (unpaired) electrons. The van der Waals surface area contributed by atoms with Gasteiger partial charge >= 0.3 is 12.6 Å².